The van der Waals surface area contributed by atoms with Gasteiger partial charge in [-0.05, 0) is 65.0 Å². The van der Waals surface area contributed by atoms with Crippen molar-refractivity contribution in [2.24, 2.45) is 17.8 Å². The van der Waals surface area contributed by atoms with Gasteiger partial charge in [-0.1, -0.05) is 19.3 Å². The first kappa shape index (κ1) is 22.8. The molecule has 3 rings (SSSR count). The lowest BCUT2D eigenvalue weighted by atomic mass is 9.78. The Hall–Kier alpha value is -0.860. The fourth-order valence-electron chi connectivity index (χ4n) is 5.50. The van der Waals surface area contributed by atoms with Crippen LogP contribution in [0.25, 0.3) is 0 Å². The third-order valence-electron chi connectivity index (χ3n) is 7.25. The number of ketones is 2. The van der Waals surface area contributed by atoms with Crippen LogP contribution >= 0.6 is 0 Å². The van der Waals surface area contributed by atoms with Crippen molar-refractivity contribution in [3.63, 3.8) is 0 Å². The van der Waals surface area contributed by atoms with E-state index in [0.29, 0.717) is 38.2 Å². The molecule has 1 aliphatic heterocycles. The number of carbonyl (C=O) groups excluding carboxylic acids is 2. The van der Waals surface area contributed by atoms with Crippen molar-refractivity contribution < 1.29 is 19.5 Å². The second-order valence-corrected chi connectivity index (χ2v) is 9.13. The van der Waals surface area contributed by atoms with Gasteiger partial charge in [0.1, 0.15) is 11.6 Å². The van der Waals surface area contributed by atoms with Gasteiger partial charge in [-0.3, -0.25) is 19.7 Å². The molecule has 3 atom stereocenters. The van der Waals surface area contributed by atoms with Crippen molar-refractivity contribution in [1.29, 1.82) is 0 Å². The van der Waals surface area contributed by atoms with Gasteiger partial charge in [-0.25, -0.2) is 0 Å². The molecule has 0 spiro atoms. The Morgan fingerprint density at radius 1 is 1.00 bits per heavy atom. The number of hydroxylamine groups is 2. The zero-order valence-corrected chi connectivity index (χ0v) is 17.8. The van der Waals surface area contributed by atoms with E-state index in [9.17, 15) is 20.0 Å². The molecule has 0 radical (unpaired) electrons. The summed E-state index contributed by atoms with van der Waals surface area (Å²) in [6.45, 7) is 4.32. The maximum atomic E-state index is 12.8. The summed E-state index contributed by atoms with van der Waals surface area (Å²) in [5.41, 5.74) is 0. The maximum absolute atomic E-state index is 12.8. The Labute approximate surface area is 174 Å². The number of Topliss-reactive ketones (excluding diaryl/α,β-unsaturated/α-hetero) is 2. The molecule has 0 bridgehead atoms. The molecule has 2 aliphatic carbocycles. The van der Waals surface area contributed by atoms with Gasteiger partial charge in [0, 0.05) is 30.4 Å². The Morgan fingerprint density at radius 3 is 2.28 bits per heavy atom. The summed E-state index contributed by atoms with van der Waals surface area (Å²) < 4.78 is 5.56. The summed E-state index contributed by atoms with van der Waals surface area (Å²) in [7, 11) is 0. The highest BCUT2D eigenvalue weighted by Crippen LogP contribution is 2.32. The number of likely N-dealkylation sites (tertiary alicyclic amines) is 1. The quantitative estimate of drug-likeness (QED) is 0.615. The molecule has 7 heteroatoms. The average Bonchev–Trinajstić information content (AvgIpc) is 2.74. The zero-order chi connectivity index (χ0) is 20.8. The summed E-state index contributed by atoms with van der Waals surface area (Å²) in [6.07, 6.45) is 8.81. The maximum Gasteiger partial charge on any atom is 0.149 e. The van der Waals surface area contributed by atoms with Crippen molar-refractivity contribution in [3.8, 4) is 0 Å². The lowest BCUT2D eigenvalue weighted by Gasteiger charge is -2.42. The fraction of sp³-hybridized carbons (Fsp3) is 0.909. The molecule has 0 aromatic carbocycles. The molecule has 29 heavy (non-hydrogen) atoms. The first-order chi connectivity index (χ1) is 14.0. The van der Waals surface area contributed by atoms with Gasteiger partial charge in [0.25, 0.3) is 0 Å². The lowest BCUT2D eigenvalue weighted by molar-refractivity contribution is -0.152. The van der Waals surface area contributed by atoms with Crippen LogP contribution in [0.4, 0.5) is 0 Å². The highest BCUT2D eigenvalue weighted by molar-refractivity contribution is 5.84. The van der Waals surface area contributed by atoms with Gasteiger partial charge in [0.2, 0.25) is 0 Å². The SMILES string of the molecule is CCOC1CCC(C(=O)CN2CCC(C(=O)C3CCCCC3)CC2)CC1N([O-])O. The summed E-state index contributed by atoms with van der Waals surface area (Å²) in [5.74, 6) is 0.837. The molecule has 3 unspecified atom stereocenters. The highest BCUT2D eigenvalue weighted by Gasteiger charge is 2.36. The summed E-state index contributed by atoms with van der Waals surface area (Å²) in [4.78, 5) is 27.7. The van der Waals surface area contributed by atoms with Gasteiger partial charge < -0.3 is 15.2 Å². The predicted octanol–water partition coefficient (Wildman–Crippen LogP) is 3.18. The number of hydrogen-bond acceptors (Lipinski definition) is 7. The first-order valence-corrected chi connectivity index (χ1v) is 11.5. The molecule has 7 nitrogen and oxygen atoms in total. The van der Waals surface area contributed by atoms with E-state index in [4.69, 9.17) is 4.74 Å². The van der Waals surface area contributed by atoms with Crippen LogP contribution in [0.2, 0.25) is 0 Å². The van der Waals surface area contributed by atoms with E-state index in [-0.39, 0.29) is 34.9 Å². The minimum atomic E-state index is -0.670. The van der Waals surface area contributed by atoms with Crippen LogP contribution < -0.4 is 0 Å². The van der Waals surface area contributed by atoms with Gasteiger partial charge >= 0.3 is 0 Å². The average molecular weight is 410 g/mol. The number of nitrogens with zero attached hydrogens (tertiary/aromatic N) is 2. The molecule has 1 N–H and O–H groups in total. The largest absolute Gasteiger partial charge is 0.762 e. The zero-order valence-electron chi connectivity index (χ0n) is 17.8. The minimum absolute atomic E-state index is 0.0257. The number of rotatable bonds is 8. The number of hydrogen-bond donors (Lipinski definition) is 1. The monoisotopic (exact) mass is 409 g/mol. The van der Waals surface area contributed by atoms with Crippen molar-refractivity contribution in [2.75, 3.05) is 26.2 Å². The van der Waals surface area contributed by atoms with E-state index in [2.05, 4.69) is 4.90 Å². The standard InChI is InChI=1S/C22H37N2O5/c1-2-29-21-9-8-18(14-19(21)24(27)28)20(25)15-23-12-10-17(11-13-23)22(26)16-6-4-3-5-7-16/h16-19,21,27H,2-15H2,1H3/q-1. The van der Waals surface area contributed by atoms with Crippen LogP contribution in [-0.4, -0.2) is 65.3 Å². The van der Waals surface area contributed by atoms with Crippen molar-refractivity contribution in [2.45, 2.75) is 83.3 Å². The first-order valence-electron chi connectivity index (χ1n) is 11.5. The van der Waals surface area contributed by atoms with E-state index in [1.54, 1.807) is 0 Å². The van der Waals surface area contributed by atoms with Crippen LogP contribution in [-0.2, 0) is 14.3 Å². The second kappa shape index (κ2) is 11.0. The normalized spacial score (nSPS) is 30.6. The van der Waals surface area contributed by atoms with E-state index in [1.165, 1.54) is 19.3 Å². The Kier molecular flexibility index (Phi) is 8.62. The van der Waals surface area contributed by atoms with Crippen molar-refractivity contribution in [1.82, 2.24) is 10.1 Å². The molecule has 3 fully saturated rings. The number of carbonyl (C=O) groups is 2. The molecule has 0 amide bonds. The van der Waals surface area contributed by atoms with E-state index in [1.807, 2.05) is 6.92 Å². The molecular weight excluding hydrogens is 372 g/mol. The van der Waals surface area contributed by atoms with Gasteiger partial charge in [0.15, 0.2) is 0 Å². The van der Waals surface area contributed by atoms with Gasteiger partial charge in [0.05, 0.1) is 12.6 Å². The summed E-state index contributed by atoms with van der Waals surface area (Å²) >= 11 is 0. The highest BCUT2D eigenvalue weighted by atomic mass is 16.8. The molecule has 0 aromatic rings. The van der Waals surface area contributed by atoms with E-state index in [0.717, 1.165) is 38.8 Å². The summed E-state index contributed by atoms with van der Waals surface area (Å²) in [5, 5.41) is 20.9. The Balaban J connectivity index is 1.44. The molecule has 3 aliphatic rings. The van der Waals surface area contributed by atoms with Crippen LogP contribution in [0.15, 0.2) is 0 Å². The number of ether oxygens (including phenoxy) is 1. The summed E-state index contributed by atoms with van der Waals surface area (Å²) in [6, 6.07) is -0.670. The van der Waals surface area contributed by atoms with E-state index < -0.39 is 6.04 Å². The van der Waals surface area contributed by atoms with Crippen LogP contribution in [0.1, 0.15) is 71.1 Å². The van der Waals surface area contributed by atoms with Crippen molar-refractivity contribution >= 4 is 11.6 Å². The number of piperidine rings is 1. The lowest BCUT2D eigenvalue weighted by Crippen LogP contribution is -2.48. The van der Waals surface area contributed by atoms with Crippen LogP contribution in [0, 0.1) is 23.0 Å². The fourth-order valence-corrected chi connectivity index (χ4v) is 5.50. The Morgan fingerprint density at radius 2 is 1.66 bits per heavy atom. The van der Waals surface area contributed by atoms with Crippen molar-refractivity contribution in [3.05, 3.63) is 5.21 Å². The van der Waals surface area contributed by atoms with E-state index >= 15 is 0 Å². The molecular formula is C22H37N2O5-. The topological polar surface area (TPSA) is 93.1 Å². The molecule has 166 valence electrons. The third-order valence-corrected chi connectivity index (χ3v) is 7.25. The Bertz CT molecular complexity index is 541. The smallest absolute Gasteiger partial charge is 0.149 e. The van der Waals surface area contributed by atoms with Crippen LogP contribution in [0.3, 0.4) is 0 Å². The molecule has 1 heterocycles. The van der Waals surface area contributed by atoms with Crippen LogP contribution in [0.5, 0.6) is 0 Å². The molecule has 1 saturated heterocycles. The third kappa shape index (κ3) is 6.07. The van der Waals surface area contributed by atoms with Gasteiger partial charge in [-0.15, -0.1) is 0 Å². The minimum Gasteiger partial charge on any atom is -0.762 e. The molecule has 2 saturated carbocycles. The predicted molar refractivity (Wildman–Crippen MR) is 109 cm³/mol. The second-order valence-electron chi connectivity index (χ2n) is 9.13. The molecule has 0 aromatic heterocycles. The van der Waals surface area contributed by atoms with Gasteiger partial charge in [-0.2, -0.15) is 0 Å².